The van der Waals surface area contributed by atoms with Crippen LogP contribution < -0.4 is 10.6 Å². The number of hydrogen-bond donors (Lipinski definition) is 2. The van der Waals surface area contributed by atoms with Crippen LogP contribution in [0.15, 0.2) is 46.1 Å². The molecule has 0 saturated heterocycles. The number of halogens is 1. The van der Waals surface area contributed by atoms with E-state index in [1.807, 2.05) is 18.2 Å². The molecule has 0 atom stereocenters. The molecule has 3 rings (SSSR count). The number of aromatic nitrogens is 3. The lowest BCUT2D eigenvalue weighted by Crippen LogP contribution is -2.39. The molecule has 0 amide bonds. The number of para-hydroxylation sites is 1. The van der Waals surface area contributed by atoms with E-state index in [-0.39, 0.29) is 24.0 Å². The normalized spacial score (nSPS) is 11.4. The summed E-state index contributed by atoms with van der Waals surface area (Å²) < 4.78 is 7.87. The zero-order chi connectivity index (χ0) is 17.5. The third-order valence-corrected chi connectivity index (χ3v) is 4.02. The van der Waals surface area contributed by atoms with Crippen LogP contribution in [0, 0.1) is 0 Å². The van der Waals surface area contributed by atoms with Crippen molar-refractivity contribution >= 4 is 40.9 Å². The van der Waals surface area contributed by atoms with Crippen molar-refractivity contribution in [2.75, 3.05) is 20.1 Å². The number of hydrogen-bond acceptors (Lipinski definition) is 4. The highest BCUT2D eigenvalue weighted by Crippen LogP contribution is 2.18. The highest BCUT2D eigenvalue weighted by atomic mass is 127. The number of fused-ring (bicyclic) bond motifs is 1. The highest BCUT2D eigenvalue weighted by molar-refractivity contribution is 14.0. The summed E-state index contributed by atoms with van der Waals surface area (Å²) >= 11 is 0. The first-order valence-electron chi connectivity index (χ1n) is 8.58. The van der Waals surface area contributed by atoms with Gasteiger partial charge in [-0.05, 0) is 12.1 Å². The topological polar surface area (TPSA) is 80.3 Å². The Morgan fingerprint density at radius 2 is 2.04 bits per heavy atom. The highest BCUT2D eigenvalue weighted by Gasteiger charge is 2.04. The first-order valence-corrected chi connectivity index (χ1v) is 8.58. The molecule has 0 unspecified atom stereocenters. The summed E-state index contributed by atoms with van der Waals surface area (Å²) in [6.07, 6.45) is 3.45. The molecule has 0 aliphatic rings. The minimum Gasteiger partial charge on any atom is -0.461 e. The smallest absolute Gasteiger partial charge is 0.191 e. The molecule has 140 valence electrons. The molecule has 0 fully saturated rings. The lowest BCUT2D eigenvalue weighted by Gasteiger charge is -2.12. The van der Waals surface area contributed by atoms with E-state index in [0.29, 0.717) is 0 Å². The molecule has 0 radical (unpaired) electrons. The van der Waals surface area contributed by atoms with Gasteiger partial charge >= 0.3 is 0 Å². The van der Waals surface area contributed by atoms with Crippen LogP contribution in [-0.2, 0) is 19.4 Å². The number of nitrogens with zero attached hydrogens (tertiary/aromatic N) is 4. The van der Waals surface area contributed by atoms with E-state index < -0.39 is 0 Å². The van der Waals surface area contributed by atoms with Gasteiger partial charge in [0.25, 0.3) is 0 Å². The summed E-state index contributed by atoms with van der Waals surface area (Å²) in [5.74, 6) is 2.75. The number of furan rings is 1. The van der Waals surface area contributed by atoms with Gasteiger partial charge in [-0.3, -0.25) is 4.99 Å². The van der Waals surface area contributed by atoms with Gasteiger partial charge < -0.3 is 19.6 Å². The van der Waals surface area contributed by atoms with Gasteiger partial charge in [0.2, 0.25) is 0 Å². The molecule has 0 bridgehead atoms. The Morgan fingerprint density at radius 3 is 2.81 bits per heavy atom. The largest absolute Gasteiger partial charge is 0.461 e. The molecule has 0 aliphatic carbocycles. The molecular formula is C18H25IN6O. The Kier molecular flexibility index (Phi) is 7.89. The van der Waals surface area contributed by atoms with E-state index in [2.05, 4.69) is 49.4 Å². The Hall–Kier alpha value is -2.10. The number of nitrogens with one attached hydrogen (secondary N) is 2. The van der Waals surface area contributed by atoms with Crippen LogP contribution in [0.25, 0.3) is 11.0 Å². The lowest BCUT2D eigenvalue weighted by atomic mass is 10.2. The van der Waals surface area contributed by atoms with E-state index in [4.69, 9.17) is 4.42 Å². The van der Waals surface area contributed by atoms with Crippen molar-refractivity contribution in [1.82, 2.24) is 25.4 Å². The third kappa shape index (κ3) is 5.20. The van der Waals surface area contributed by atoms with Crippen molar-refractivity contribution in [3.05, 3.63) is 48.2 Å². The Morgan fingerprint density at radius 1 is 1.23 bits per heavy atom. The van der Waals surface area contributed by atoms with Gasteiger partial charge in [-0.1, -0.05) is 25.1 Å². The van der Waals surface area contributed by atoms with Crippen LogP contribution in [0.3, 0.4) is 0 Å². The standard InChI is InChI=1S/C18H24N6O.HI/c1-3-17-23-22-13-24(17)11-10-21-18(19-2)20-9-8-15-12-14-6-4-5-7-16(14)25-15;/h4-7,12-13H,3,8-11H2,1-2H3,(H2,19,20,21);1H. The second-order valence-corrected chi connectivity index (χ2v) is 5.72. The van der Waals surface area contributed by atoms with Crippen molar-refractivity contribution in [3.8, 4) is 0 Å². The molecule has 2 aromatic heterocycles. The number of aliphatic imine (C=N–C) groups is 1. The van der Waals surface area contributed by atoms with Crippen molar-refractivity contribution in [2.45, 2.75) is 26.3 Å². The minimum atomic E-state index is 0. The van der Waals surface area contributed by atoms with E-state index in [9.17, 15) is 0 Å². The molecule has 0 saturated carbocycles. The Balaban J connectivity index is 0.00000243. The lowest BCUT2D eigenvalue weighted by molar-refractivity contribution is 0.544. The Bertz CT molecular complexity index is 808. The number of benzene rings is 1. The summed E-state index contributed by atoms with van der Waals surface area (Å²) in [5.41, 5.74) is 0.931. The number of guanidine groups is 1. The average Bonchev–Trinajstić information content (AvgIpc) is 3.26. The van der Waals surface area contributed by atoms with Crippen LogP contribution in [-0.4, -0.2) is 40.9 Å². The predicted molar refractivity (Wildman–Crippen MR) is 114 cm³/mol. The van der Waals surface area contributed by atoms with E-state index in [0.717, 1.165) is 61.0 Å². The van der Waals surface area contributed by atoms with Crippen LogP contribution >= 0.6 is 24.0 Å². The first kappa shape index (κ1) is 20.2. The van der Waals surface area contributed by atoms with E-state index in [1.54, 1.807) is 13.4 Å². The molecule has 2 N–H and O–H groups in total. The summed E-state index contributed by atoms with van der Waals surface area (Å²) in [6, 6.07) is 10.1. The molecule has 8 heteroatoms. The molecular weight excluding hydrogens is 443 g/mol. The summed E-state index contributed by atoms with van der Waals surface area (Å²) in [6.45, 7) is 4.40. The molecule has 2 heterocycles. The Labute approximate surface area is 170 Å². The monoisotopic (exact) mass is 468 g/mol. The van der Waals surface area contributed by atoms with E-state index in [1.165, 1.54) is 0 Å². The zero-order valence-corrected chi connectivity index (χ0v) is 17.4. The van der Waals surface area contributed by atoms with Crippen molar-refractivity contribution in [1.29, 1.82) is 0 Å². The van der Waals surface area contributed by atoms with Crippen LogP contribution in [0.1, 0.15) is 18.5 Å². The molecule has 26 heavy (non-hydrogen) atoms. The summed E-state index contributed by atoms with van der Waals surface area (Å²) in [5, 5.41) is 15.8. The van der Waals surface area contributed by atoms with Gasteiger partial charge in [-0.25, -0.2) is 0 Å². The van der Waals surface area contributed by atoms with Crippen LogP contribution in [0.2, 0.25) is 0 Å². The molecule has 7 nitrogen and oxygen atoms in total. The van der Waals surface area contributed by atoms with Crippen LogP contribution in [0.4, 0.5) is 0 Å². The van der Waals surface area contributed by atoms with Gasteiger partial charge in [0.15, 0.2) is 5.96 Å². The first-order chi connectivity index (χ1) is 12.3. The van der Waals surface area contributed by atoms with Gasteiger partial charge in [-0.2, -0.15) is 0 Å². The molecule has 0 spiro atoms. The van der Waals surface area contributed by atoms with Crippen molar-refractivity contribution < 1.29 is 4.42 Å². The number of rotatable bonds is 7. The van der Waals surface area contributed by atoms with Gasteiger partial charge in [0, 0.05) is 44.9 Å². The summed E-state index contributed by atoms with van der Waals surface area (Å²) in [7, 11) is 1.77. The van der Waals surface area contributed by atoms with Gasteiger partial charge in [0.05, 0.1) is 0 Å². The van der Waals surface area contributed by atoms with Crippen molar-refractivity contribution in [3.63, 3.8) is 0 Å². The average molecular weight is 468 g/mol. The van der Waals surface area contributed by atoms with Gasteiger partial charge in [0.1, 0.15) is 23.5 Å². The summed E-state index contributed by atoms with van der Waals surface area (Å²) in [4.78, 5) is 4.25. The third-order valence-electron chi connectivity index (χ3n) is 4.02. The second-order valence-electron chi connectivity index (χ2n) is 5.72. The molecule has 1 aromatic carbocycles. The van der Waals surface area contributed by atoms with Crippen molar-refractivity contribution in [2.24, 2.45) is 4.99 Å². The van der Waals surface area contributed by atoms with Gasteiger partial charge in [-0.15, -0.1) is 34.2 Å². The van der Waals surface area contributed by atoms with E-state index >= 15 is 0 Å². The quantitative estimate of drug-likeness (QED) is 0.317. The van der Waals surface area contributed by atoms with Crippen LogP contribution in [0.5, 0.6) is 0 Å². The molecule has 0 aliphatic heterocycles. The fourth-order valence-corrected chi connectivity index (χ4v) is 2.72. The minimum absolute atomic E-state index is 0. The maximum absolute atomic E-state index is 5.82. The molecule has 3 aromatic rings. The fraction of sp³-hybridized carbons (Fsp3) is 0.389. The second kappa shape index (κ2) is 10.1. The maximum atomic E-state index is 5.82. The SMILES string of the molecule is CCc1nncn1CCNC(=NC)NCCc1cc2ccccc2o1.I. The maximum Gasteiger partial charge on any atom is 0.191 e. The number of aryl methyl sites for hydroxylation is 1. The fourth-order valence-electron chi connectivity index (χ4n) is 2.72. The predicted octanol–water partition coefficient (Wildman–Crippen LogP) is 2.61. The zero-order valence-electron chi connectivity index (χ0n) is 15.1.